The van der Waals surface area contributed by atoms with Gasteiger partial charge in [-0.15, -0.1) is 0 Å². The fraction of sp³-hybridized carbons (Fsp3) is 0.211. The first-order valence-electron chi connectivity index (χ1n) is 8.10. The highest BCUT2D eigenvalue weighted by Crippen LogP contribution is 2.22. The van der Waals surface area contributed by atoms with Crippen molar-refractivity contribution in [2.24, 2.45) is 0 Å². The van der Waals surface area contributed by atoms with E-state index in [1.807, 2.05) is 38.1 Å². The second-order valence-corrected chi connectivity index (χ2v) is 6.36. The van der Waals surface area contributed by atoms with E-state index in [1.54, 1.807) is 6.20 Å². The Morgan fingerprint density at radius 1 is 1.42 bits per heavy atom. The van der Waals surface area contributed by atoms with Crippen LogP contribution < -0.4 is 11.1 Å². The zero-order chi connectivity index (χ0) is 18.7. The van der Waals surface area contributed by atoms with Crippen LogP contribution in [0.5, 0.6) is 0 Å². The van der Waals surface area contributed by atoms with Crippen LogP contribution in [0.2, 0.25) is 5.02 Å². The summed E-state index contributed by atoms with van der Waals surface area (Å²) in [5.74, 6) is 6.38. The lowest BCUT2D eigenvalue weighted by molar-refractivity contribution is 0.0931. The molecule has 2 heterocycles. The lowest BCUT2D eigenvalue weighted by Gasteiger charge is -2.09. The van der Waals surface area contributed by atoms with Crippen molar-refractivity contribution in [3.8, 4) is 11.8 Å². The molecule has 132 valence electrons. The lowest BCUT2D eigenvalue weighted by Crippen LogP contribution is -2.32. The third-order valence-corrected chi connectivity index (χ3v) is 4.38. The number of para-hydroxylation sites is 2. The first-order chi connectivity index (χ1) is 12.5. The predicted molar refractivity (Wildman–Crippen MR) is 103 cm³/mol. The number of nitrogens with two attached hydrogens (primary N) is 1. The number of amides is 1. The summed E-state index contributed by atoms with van der Waals surface area (Å²) in [5, 5.41) is 3.30. The molecule has 0 unspecified atom stereocenters. The van der Waals surface area contributed by atoms with E-state index in [0.29, 0.717) is 17.3 Å². The Morgan fingerprint density at radius 3 is 2.96 bits per heavy atom. The molecule has 0 radical (unpaired) electrons. The number of benzene rings is 1. The highest BCUT2D eigenvalue weighted by Gasteiger charge is 2.13. The Hall–Kier alpha value is -3.04. The molecule has 0 aliphatic rings. The summed E-state index contributed by atoms with van der Waals surface area (Å²) in [4.78, 5) is 23.6. The number of nitrogen functional groups attached to an aromatic ring is 1. The van der Waals surface area contributed by atoms with Gasteiger partial charge in [0.15, 0.2) is 5.82 Å². The Morgan fingerprint density at radius 2 is 2.19 bits per heavy atom. The number of imidazole rings is 1. The van der Waals surface area contributed by atoms with Gasteiger partial charge in [0.25, 0.3) is 5.91 Å². The molecule has 0 aliphatic heterocycles. The monoisotopic (exact) mass is 367 g/mol. The summed E-state index contributed by atoms with van der Waals surface area (Å²) in [7, 11) is 0. The molecule has 0 fully saturated rings. The number of hydrogen-bond acceptors (Lipinski definition) is 4. The summed E-state index contributed by atoms with van der Waals surface area (Å²) in [6, 6.07) is 7.36. The number of pyridine rings is 1. The Labute approximate surface area is 156 Å². The number of anilines is 1. The number of nitrogens with one attached hydrogen (secondary N) is 2. The minimum atomic E-state index is -0.260. The third-order valence-electron chi connectivity index (χ3n) is 3.90. The van der Waals surface area contributed by atoms with Crippen molar-refractivity contribution in [1.82, 2.24) is 20.3 Å². The van der Waals surface area contributed by atoms with Gasteiger partial charge in [0.05, 0.1) is 16.1 Å². The van der Waals surface area contributed by atoms with Gasteiger partial charge in [-0.25, -0.2) is 9.97 Å². The standard InChI is InChI=1S/C19H18ClN5O/c1-11(6-5-7-13-10-22-17(21)16(20)12(13)2)23-19(26)18-24-14-8-3-4-9-15(14)25-18/h3-4,8-11H,6H2,1-2H3,(H2,21,22)(H,23,26)(H,24,25)/t11-/m0/s1. The number of carbonyl (C=O) groups excluding carboxylic acids is 1. The van der Waals surface area contributed by atoms with Crippen molar-refractivity contribution < 1.29 is 4.79 Å². The summed E-state index contributed by atoms with van der Waals surface area (Å²) in [6.45, 7) is 3.73. The molecule has 2 aromatic heterocycles. The van der Waals surface area contributed by atoms with Crippen molar-refractivity contribution in [3.63, 3.8) is 0 Å². The van der Waals surface area contributed by atoms with Crippen LogP contribution in [0.3, 0.4) is 0 Å². The van der Waals surface area contributed by atoms with Crippen LogP contribution in [-0.4, -0.2) is 26.9 Å². The van der Waals surface area contributed by atoms with E-state index >= 15 is 0 Å². The topological polar surface area (TPSA) is 96.7 Å². The molecular formula is C19H18ClN5O. The lowest BCUT2D eigenvalue weighted by atomic mass is 10.1. The Bertz CT molecular complexity index is 998. The molecular weight excluding hydrogens is 350 g/mol. The Kier molecular flexibility index (Phi) is 5.10. The second-order valence-electron chi connectivity index (χ2n) is 5.98. The fourth-order valence-corrected chi connectivity index (χ4v) is 2.58. The molecule has 0 aliphatic carbocycles. The first-order valence-corrected chi connectivity index (χ1v) is 8.48. The first kappa shape index (κ1) is 17.8. The molecule has 3 aromatic rings. The van der Waals surface area contributed by atoms with Crippen LogP contribution in [0.25, 0.3) is 11.0 Å². The number of hydrogen-bond donors (Lipinski definition) is 3. The summed E-state index contributed by atoms with van der Waals surface area (Å²) in [6.07, 6.45) is 2.08. The van der Waals surface area contributed by atoms with Crippen LogP contribution in [0.15, 0.2) is 30.5 Å². The molecule has 4 N–H and O–H groups in total. The van der Waals surface area contributed by atoms with Crippen molar-refractivity contribution in [2.45, 2.75) is 26.3 Å². The van der Waals surface area contributed by atoms with Gasteiger partial charge in [0.1, 0.15) is 5.82 Å². The number of rotatable bonds is 3. The maximum Gasteiger partial charge on any atom is 0.287 e. The molecule has 1 aromatic carbocycles. The van der Waals surface area contributed by atoms with Gasteiger partial charge in [0.2, 0.25) is 0 Å². The summed E-state index contributed by atoms with van der Waals surface area (Å²) < 4.78 is 0. The van der Waals surface area contributed by atoms with E-state index in [-0.39, 0.29) is 17.8 Å². The van der Waals surface area contributed by atoms with Crippen molar-refractivity contribution in [2.75, 3.05) is 5.73 Å². The maximum atomic E-state index is 12.3. The maximum absolute atomic E-state index is 12.3. The number of carbonyl (C=O) groups is 1. The number of fused-ring (bicyclic) bond motifs is 1. The molecule has 0 saturated heterocycles. The van der Waals surface area contributed by atoms with Crippen LogP contribution in [0, 0.1) is 18.8 Å². The molecule has 7 heteroatoms. The minimum absolute atomic E-state index is 0.138. The van der Waals surface area contributed by atoms with E-state index in [1.165, 1.54) is 0 Å². The van der Waals surface area contributed by atoms with Crippen molar-refractivity contribution in [1.29, 1.82) is 0 Å². The zero-order valence-electron chi connectivity index (χ0n) is 14.4. The van der Waals surface area contributed by atoms with Crippen LogP contribution in [0.1, 0.15) is 35.1 Å². The molecule has 1 amide bonds. The summed E-state index contributed by atoms with van der Waals surface area (Å²) in [5.41, 5.74) is 8.76. The van der Waals surface area contributed by atoms with Gasteiger partial charge in [-0.05, 0) is 31.5 Å². The van der Waals surface area contributed by atoms with Gasteiger partial charge >= 0.3 is 0 Å². The summed E-state index contributed by atoms with van der Waals surface area (Å²) >= 11 is 6.07. The van der Waals surface area contributed by atoms with Crippen molar-refractivity contribution >= 4 is 34.4 Å². The molecule has 0 bridgehead atoms. The van der Waals surface area contributed by atoms with Crippen LogP contribution >= 0.6 is 11.6 Å². The van der Waals surface area contributed by atoms with Gasteiger partial charge < -0.3 is 16.0 Å². The van der Waals surface area contributed by atoms with Gasteiger partial charge in [-0.1, -0.05) is 35.6 Å². The molecule has 3 rings (SSSR count). The van der Waals surface area contributed by atoms with E-state index in [0.717, 1.165) is 22.2 Å². The van der Waals surface area contributed by atoms with E-state index < -0.39 is 0 Å². The zero-order valence-corrected chi connectivity index (χ0v) is 15.2. The highest BCUT2D eigenvalue weighted by atomic mass is 35.5. The molecule has 1 atom stereocenters. The highest BCUT2D eigenvalue weighted by molar-refractivity contribution is 6.33. The van der Waals surface area contributed by atoms with E-state index in [9.17, 15) is 4.79 Å². The number of halogens is 1. The Balaban J connectivity index is 1.63. The SMILES string of the molecule is Cc1c(C#CC[C@H](C)NC(=O)c2nc3ccccc3[nH]2)cnc(N)c1Cl. The van der Waals surface area contributed by atoms with Crippen molar-refractivity contribution in [3.05, 3.63) is 52.4 Å². The number of nitrogens with zero attached hydrogens (tertiary/aromatic N) is 2. The van der Waals surface area contributed by atoms with Crippen LogP contribution in [0.4, 0.5) is 5.82 Å². The molecule has 0 saturated carbocycles. The molecule has 0 spiro atoms. The molecule has 6 nitrogen and oxygen atoms in total. The average molecular weight is 368 g/mol. The normalized spacial score (nSPS) is 11.7. The fourth-order valence-electron chi connectivity index (χ4n) is 2.43. The average Bonchev–Trinajstić information content (AvgIpc) is 3.06. The van der Waals surface area contributed by atoms with Gasteiger partial charge in [-0.2, -0.15) is 0 Å². The minimum Gasteiger partial charge on any atom is -0.382 e. The quantitative estimate of drug-likeness (QED) is 0.620. The number of H-pyrrole nitrogens is 1. The van der Waals surface area contributed by atoms with Gasteiger partial charge in [0, 0.05) is 24.2 Å². The number of aromatic amines is 1. The smallest absolute Gasteiger partial charge is 0.287 e. The van der Waals surface area contributed by atoms with E-state index in [4.69, 9.17) is 17.3 Å². The van der Waals surface area contributed by atoms with E-state index in [2.05, 4.69) is 32.1 Å². The second kappa shape index (κ2) is 7.46. The third kappa shape index (κ3) is 3.79. The molecule has 26 heavy (non-hydrogen) atoms. The van der Waals surface area contributed by atoms with Crippen LogP contribution in [-0.2, 0) is 0 Å². The predicted octanol–water partition coefficient (Wildman–Crippen LogP) is 3.06. The number of aromatic nitrogens is 3. The largest absolute Gasteiger partial charge is 0.382 e. The van der Waals surface area contributed by atoms with Gasteiger partial charge in [-0.3, -0.25) is 4.79 Å².